The Morgan fingerprint density at radius 1 is 1.59 bits per heavy atom. The molecule has 0 bridgehead atoms. The van der Waals surface area contributed by atoms with E-state index in [1.807, 2.05) is 32.2 Å². The van der Waals surface area contributed by atoms with Crippen molar-refractivity contribution < 1.29 is 4.74 Å². The normalized spacial score (nSPS) is 12.5. The van der Waals surface area contributed by atoms with Crippen LogP contribution in [0.4, 0.5) is 0 Å². The van der Waals surface area contributed by atoms with E-state index in [2.05, 4.69) is 9.88 Å². The van der Waals surface area contributed by atoms with Gasteiger partial charge in [0.05, 0.1) is 17.8 Å². The van der Waals surface area contributed by atoms with Gasteiger partial charge in [0.15, 0.2) is 0 Å². The highest BCUT2D eigenvalue weighted by Crippen LogP contribution is 2.09. The number of hydrogen-bond donors (Lipinski definition) is 1. The molecule has 1 atom stereocenters. The molecule has 1 unspecified atom stereocenters. The maximum atomic E-state index is 5.59. The zero-order valence-corrected chi connectivity index (χ0v) is 11.3. The molecule has 0 aliphatic rings. The number of hydrogen-bond acceptors (Lipinski definition) is 4. The van der Waals surface area contributed by atoms with Crippen molar-refractivity contribution in [3.8, 4) is 5.88 Å². The summed E-state index contributed by atoms with van der Waals surface area (Å²) in [5.74, 6) is 0.846. The fourth-order valence-corrected chi connectivity index (χ4v) is 1.63. The van der Waals surface area contributed by atoms with E-state index in [0.717, 1.165) is 18.8 Å². The number of aromatic nitrogens is 1. The monoisotopic (exact) mass is 253 g/mol. The smallest absolute Gasteiger partial charge is 0.213 e. The van der Waals surface area contributed by atoms with Crippen LogP contribution >= 0.6 is 12.2 Å². The van der Waals surface area contributed by atoms with Crippen LogP contribution in [0.5, 0.6) is 5.88 Å². The minimum absolute atomic E-state index is 0.209. The predicted octanol–water partition coefficient (Wildman–Crippen LogP) is 1.44. The number of nitrogens with two attached hydrogens (primary N) is 1. The van der Waals surface area contributed by atoms with E-state index >= 15 is 0 Å². The van der Waals surface area contributed by atoms with Crippen molar-refractivity contribution in [2.45, 2.75) is 13.5 Å². The Kier molecular flexibility index (Phi) is 5.31. The number of thiocarbonyl (C=S) groups is 1. The molecular weight excluding hydrogens is 234 g/mol. The zero-order chi connectivity index (χ0) is 12.8. The van der Waals surface area contributed by atoms with Gasteiger partial charge in [-0.1, -0.05) is 25.2 Å². The summed E-state index contributed by atoms with van der Waals surface area (Å²) in [6.07, 6.45) is 0. The molecule has 0 aliphatic heterocycles. The standard InChI is InChI=1S/C12H19N3OS/c1-9(12(13)17)7-15(2)8-10-5-4-6-11(14-10)16-3/h4-6,9H,7-8H2,1-3H3,(H2,13,17). The molecule has 2 N–H and O–H groups in total. The van der Waals surface area contributed by atoms with Gasteiger partial charge in [-0.05, 0) is 13.1 Å². The molecule has 1 aromatic heterocycles. The van der Waals surface area contributed by atoms with Crippen LogP contribution in [-0.4, -0.2) is 35.6 Å². The molecule has 0 saturated carbocycles. The van der Waals surface area contributed by atoms with Crippen LogP contribution in [0.15, 0.2) is 18.2 Å². The van der Waals surface area contributed by atoms with Gasteiger partial charge >= 0.3 is 0 Å². The van der Waals surface area contributed by atoms with Gasteiger partial charge in [0.25, 0.3) is 0 Å². The van der Waals surface area contributed by atoms with Crippen LogP contribution in [0.1, 0.15) is 12.6 Å². The summed E-state index contributed by atoms with van der Waals surface area (Å²) in [5.41, 5.74) is 6.57. The molecule has 94 valence electrons. The Morgan fingerprint density at radius 3 is 2.88 bits per heavy atom. The third-order valence-corrected chi connectivity index (χ3v) is 2.90. The molecule has 17 heavy (non-hydrogen) atoms. The van der Waals surface area contributed by atoms with E-state index in [9.17, 15) is 0 Å². The van der Waals surface area contributed by atoms with Crippen LogP contribution in [-0.2, 0) is 6.54 Å². The van der Waals surface area contributed by atoms with Crippen molar-refractivity contribution in [3.05, 3.63) is 23.9 Å². The van der Waals surface area contributed by atoms with Gasteiger partial charge in [-0.2, -0.15) is 0 Å². The summed E-state index contributed by atoms with van der Waals surface area (Å²) in [4.78, 5) is 7.05. The van der Waals surface area contributed by atoms with Gasteiger partial charge in [-0.3, -0.25) is 4.90 Å². The van der Waals surface area contributed by atoms with E-state index in [1.165, 1.54) is 0 Å². The van der Waals surface area contributed by atoms with Crippen LogP contribution in [0.25, 0.3) is 0 Å². The van der Waals surface area contributed by atoms with Crippen LogP contribution in [0.3, 0.4) is 0 Å². The van der Waals surface area contributed by atoms with E-state index in [-0.39, 0.29) is 5.92 Å². The Balaban J connectivity index is 2.55. The molecule has 0 aromatic carbocycles. The molecular formula is C12H19N3OS. The van der Waals surface area contributed by atoms with Crippen molar-refractivity contribution in [2.75, 3.05) is 20.7 Å². The molecule has 1 aromatic rings. The number of methoxy groups -OCH3 is 1. The lowest BCUT2D eigenvalue weighted by molar-refractivity contribution is 0.302. The SMILES string of the molecule is COc1cccc(CN(C)CC(C)C(N)=S)n1. The highest BCUT2D eigenvalue weighted by atomic mass is 32.1. The van der Waals surface area contributed by atoms with Gasteiger partial charge in [-0.15, -0.1) is 0 Å². The molecule has 4 nitrogen and oxygen atoms in total. The molecule has 0 radical (unpaired) electrons. The average molecular weight is 253 g/mol. The minimum atomic E-state index is 0.209. The quantitative estimate of drug-likeness (QED) is 0.778. The molecule has 0 spiro atoms. The highest BCUT2D eigenvalue weighted by molar-refractivity contribution is 7.80. The summed E-state index contributed by atoms with van der Waals surface area (Å²) < 4.78 is 5.09. The van der Waals surface area contributed by atoms with Crippen LogP contribution < -0.4 is 10.5 Å². The molecule has 5 heteroatoms. The lowest BCUT2D eigenvalue weighted by Gasteiger charge is -2.20. The number of ether oxygens (including phenoxy) is 1. The topological polar surface area (TPSA) is 51.4 Å². The average Bonchev–Trinajstić information content (AvgIpc) is 2.28. The molecule has 1 rings (SSSR count). The van der Waals surface area contributed by atoms with Gasteiger partial charge in [0.2, 0.25) is 5.88 Å². The third-order valence-electron chi connectivity index (χ3n) is 2.49. The second kappa shape index (κ2) is 6.51. The third kappa shape index (κ3) is 4.66. The van der Waals surface area contributed by atoms with Crippen molar-refractivity contribution in [2.24, 2.45) is 11.7 Å². The van der Waals surface area contributed by atoms with Crippen LogP contribution in [0.2, 0.25) is 0 Å². The number of rotatable bonds is 6. The van der Waals surface area contributed by atoms with Crippen molar-refractivity contribution in [3.63, 3.8) is 0 Å². The minimum Gasteiger partial charge on any atom is -0.481 e. The Morgan fingerprint density at radius 2 is 2.29 bits per heavy atom. The Labute approximate surface area is 108 Å². The number of nitrogens with zero attached hydrogens (tertiary/aromatic N) is 2. The first kappa shape index (κ1) is 13.9. The molecule has 0 amide bonds. The molecule has 0 saturated heterocycles. The fourth-order valence-electron chi connectivity index (χ4n) is 1.56. The fraction of sp³-hybridized carbons (Fsp3) is 0.500. The van der Waals surface area contributed by atoms with Gasteiger partial charge < -0.3 is 10.5 Å². The largest absolute Gasteiger partial charge is 0.481 e. The maximum absolute atomic E-state index is 5.59. The lowest BCUT2D eigenvalue weighted by atomic mass is 10.1. The Bertz CT molecular complexity index is 384. The summed E-state index contributed by atoms with van der Waals surface area (Å²) in [5, 5.41) is 0. The first-order valence-corrected chi connectivity index (χ1v) is 5.91. The summed E-state index contributed by atoms with van der Waals surface area (Å²) in [7, 11) is 3.64. The van der Waals surface area contributed by atoms with E-state index in [1.54, 1.807) is 7.11 Å². The van der Waals surface area contributed by atoms with Crippen LogP contribution in [0, 0.1) is 5.92 Å². The first-order chi connectivity index (χ1) is 8.02. The second-order valence-corrected chi connectivity index (χ2v) is 4.64. The van der Waals surface area contributed by atoms with Crippen molar-refractivity contribution >= 4 is 17.2 Å². The van der Waals surface area contributed by atoms with E-state index in [4.69, 9.17) is 22.7 Å². The number of pyridine rings is 1. The lowest BCUT2D eigenvalue weighted by Crippen LogP contribution is -2.31. The summed E-state index contributed by atoms with van der Waals surface area (Å²) >= 11 is 4.96. The first-order valence-electron chi connectivity index (χ1n) is 5.50. The van der Waals surface area contributed by atoms with Crippen molar-refractivity contribution in [1.29, 1.82) is 0 Å². The van der Waals surface area contributed by atoms with Gasteiger partial charge in [-0.25, -0.2) is 4.98 Å². The van der Waals surface area contributed by atoms with Crippen molar-refractivity contribution in [1.82, 2.24) is 9.88 Å². The van der Waals surface area contributed by atoms with Gasteiger partial charge in [0.1, 0.15) is 0 Å². The predicted molar refractivity (Wildman–Crippen MR) is 73.1 cm³/mol. The maximum Gasteiger partial charge on any atom is 0.213 e. The van der Waals surface area contributed by atoms with Gasteiger partial charge in [0, 0.05) is 25.1 Å². The molecule has 1 heterocycles. The summed E-state index contributed by atoms with van der Waals surface area (Å²) in [6, 6.07) is 5.75. The van der Waals surface area contributed by atoms with E-state index in [0.29, 0.717) is 10.9 Å². The molecule has 0 fully saturated rings. The summed E-state index contributed by atoms with van der Waals surface area (Å²) in [6.45, 7) is 3.61. The zero-order valence-electron chi connectivity index (χ0n) is 10.5. The molecule has 0 aliphatic carbocycles. The second-order valence-electron chi connectivity index (χ2n) is 4.17. The highest BCUT2D eigenvalue weighted by Gasteiger charge is 2.09. The Hall–Kier alpha value is -1.20. The van der Waals surface area contributed by atoms with E-state index < -0.39 is 0 Å².